The molecule has 1 aromatic rings. The highest BCUT2D eigenvalue weighted by Crippen LogP contribution is 2.27. The molecule has 0 aromatic heterocycles. The number of nitrogens with zero attached hydrogens (tertiary/aromatic N) is 1. The number of hydrogen-bond donors (Lipinski definition) is 0. The zero-order valence-corrected chi connectivity index (χ0v) is 8.11. The van der Waals surface area contributed by atoms with Gasteiger partial charge < -0.3 is 4.74 Å². The van der Waals surface area contributed by atoms with Gasteiger partial charge in [-0.1, -0.05) is 0 Å². The Labute approximate surface area is 84.6 Å². The van der Waals surface area contributed by atoms with Crippen molar-refractivity contribution in [3.05, 3.63) is 33.6 Å². The third-order valence-corrected chi connectivity index (χ3v) is 1.85. The maximum Gasteiger partial charge on any atom is 0.284 e. The lowest BCUT2D eigenvalue weighted by molar-refractivity contribution is -0.385. The molecule has 0 amide bonds. The van der Waals surface area contributed by atoms with Crippen molar-refractivity contribution in [3.63, 3.8) is 0 Å². The van der Waals surface area contributed by atoms with Gasteiger partial charge in [0.2, 0.25) is 0 Å². The first kappa shape index (κ1) is 11.1. The normalized spacial score (nSPS) is 9.80. The molecule has 0 aliphatic heterocycles. The quantitative estimate of drug-likeness (QED) is 0.437. The monoisotopic (exact) mass is 213 g/mol. The lowest BCUT2D eigenvalue weighted by atomic mass is 10.1. The zero-order chi connectivity index (χ0) is 11.6. The van der Waals surface area contributed by atoms with Crippen molar-refractivity contribution >= 4 is 11.5 Å². The number of halogens is 1. The van der Waals surface area contributed by atoms with Gasteiger partial charge in [-0.05, 0) is 13.0 Å². The number of methoxy groups -OCH3 is 1. The van der Waals surface area contributed by atoms with E-state index in [1.165, 1.54) is 7.11 Å². The molecule has 1 aromatic carbocycles. The fourth-order valence-electron chi connectivity index (χ4n) is 1.13. The molecule has 0 aliphatic carbocycles. The summed E-state index contributed by atoms with van der Waals surface area (Å²) in [4.78, 5) is 20.8. The van der Waals surface area contributed by atoms with E-state index in [0.29, 0.717) is 0 Å². The van der Waals surface area contributed by atoms with Crippen LogP contribution in [0.1, 0.15) is 17.3 Å². The Morgan fingerprint density at radius 3 is 2.53 bits per heavy atom. The predicted molar refractivity (Wildman–Crippen MR) is 49.6 cm³/mol. The van der Waals surface area contributed by atoms with Gasteiger partial charge in [-0.2, -0.15) is 0 Å². The van der Waals surface area contributed by atoms with Crippen LogP contribution in [-0.2, 0) is 0 Å². The van der Waals surface area contributed by atoms with Gasteiger partial charge in [0.1, 0.15) is 0 Å². The molecule has 0 fully saturated rings. The SMILES string of the molecule is COc1cc([N+](=O)[O-])c(C(C)=O)cc1F. The highest BCUT2D eigenvalue weighted by molar-refractivity contribution is 5.98. The van der Waals surface area contributed by atoms with Crippen LogP contribution in [0.5, 0.6) is 5.75 Å². The smallest absolute Gasteiger partial charge is 0.284 e. The molecule has 0 bridgehead atoms. The van der Waals surface area contributed by atoms with Gasteiger partial charge in [-0.15, -0.1) is 0 Å². The maximum absolute atomic E-state index is 13.2. The Kier molecular flexibility index (Phi) is 2.99. The number of hydrogen-bond acceptors (Lipinski definition) is 4. The van der Waals surface area contributed by atoms with Crippen molar-refractivity contribution in [2.24, 2.45) is 0 Å². The average Bonchev–Trinajstić information content (AvgIpc) is 2.16. The molecule has 0 saturated carbocycles. The van der Waals surface area contributed by atoms with E-state index in [1.807, 2.05) is 0 Å². The molecule has 80 valence electrons. The van der Waals surface area contributed by atoms with E-state index in [2.05, 4.69) is 4.74 Å². The van der Waals surface area contributed by atoms with E-state index in [-0.39, 0.29) is 11.3 Å². The number of Topliss-reactive ketones (excluding diaryl/α,β-unsaturated/α-hetero) is 1. The number of ether oxygens (including phenoxy) is 1. The summed E-state index contributed by atoms with van der Waals surface area (Å²) in [5.74, 6) is -1.62. The summed E-state index contributed by atoms with van der Waals surface area (Å²) in [6.07, 6.45) is 0. The van der Waals surface area contributed by atoms with Crippen LogP contribution in [0.2, 0.25) is 0 Å². The Balaban J connectivity index is 3.45. The molecule has 0 N–H and O–H groups in total. The summed E-state index contributed by atoms with van der Waals surface area (Å²) in [6, 6.07) is 1.70. The fraction of sp³-hybridized carbons (Fsp3) is 0.222. The van der Waals surface area contributed by atoms with E-state index < -0.39 is 22.2 Å². The minimum atomic E-state index is -0.798. The van der Waals surface area contributed by atoms with Crippen molar-refractivity contribution in [2.45, 2.75) is 6.92 Å². The second-order valence-corrected chi connectivity index (χ2v) is 2.82. The van der Waals surface area contributed by atoms with Crippen LogP contribution in [0.15, 0.2) is 12.1 Å². The van der Waals surface area contributed by atoms with E-state index in [0.717, 1.165) is 19.1 Å². The standard InChI is InChI=1S/C9H8FNO4/c1-5(12)6-3-7(10)9(15-2)4-8(6)11(13)14/h3-4H,1-2H3. The Bertz CT molecular complexity index is 430. The number of benzene rings is 1. The number of nitro groups is 1. The van der Waals surface area contributed by atoms with Crippen molar-refractivity contribution in [1.82, 2.24) is 0 Å². The molecule has 6 heteroatoms. The van der Waals surface area contributed by atoms with Crippen molar-refractivity contribution in [3.8, 4) is 5.75 Å². The summed E-state index contributed by atoms with van der Waals surface area (Å²) in [5.41, 5.74) is -0.723. The van der Waals surface area contributed by atoms with Crippen molar-refractivity contribution in [2.75, 3.05) is 7.11 Å². The summed E-state index contributed by atoms with van der Waals surface area (Å²) >= 11 is 0. The highest BCUT2D eigenvalue weighted by atomic mass is 19.1. The zero-order valence-electron chi connectivity index (χ0n) is 8.11. The van der Waals surface area contributed by atoms with Crippen LogP contribution in [0.4, 0.5) is 10.1 Å². The highest BCUT2D eigenvalue weighted by Gasteiger charge is 2.21. The van der Waals surface area contributed by atoms with Crippen LogP contribution in [-0.4, -0.2) is 17.8 Å². The van der Waals surface area contributed by atoms with E-state index in [9.17, 15) is 19.3 Å². The van der Waals surface area contributed by atoms with Crippen LogP contribution in [0.3, 0.4) is 0 Å². The third kappa shape index (κ3) is 2.09. The first-order valence-electron chi connectivity index (χ1n) is 4.00. The number of rotatable bonds is 3. The van der Waals surface area contributed by atoms with Crippen molar-refractivity contribution in [1.29, 1.82) is 0 Å². The molecular formula is C9H8FNO4. The molecule has 1 rings (SSSR count). The number of nitro benzene ring substituents is 1. The average molecular weight is 213 g/mol. The second kappa shape index (κ2) is 4.04. The van der Waals surface area contributed by atoms with Crippen LogP contribution in [0, 0.1) is 15.9 Å². The van der Waals surface area contributed by atoms with Gasteiger partial charge in [0.05, 0.1) is 23.7 Å². The lowest BCUT2D eigenvalue weighted by Gasteiger charge is -2.04. The van der Waals surface area contributed by atoms with Gasteiger partial charge in [0.25, 0.3) is 5.69 Å². The maximum atomic E-state index is 13.2. The Morgan fingerprint density at radius 2 is 2.13 bits per heavy atom. The lowest BCUT2D eigenvalue weighted by Crippen LogP contribution is -2.02. The van der Waals surface area contributed by atoms with Crippen LogP contribution >= 0.6 is 0 Å². The second-order valence-electron chi connectivity index (χ2n) is 2.82. The summed E-state index contributed by atoms with van der Waals surface area (Å²) in [5, 5.41) is 10.6. The molecule has 0 aliphatic rings. The van der Waals surface area contributed by atoms with Crippen LogP contribution in [0.25, 0.3) is 0 Å². The molecule has 0 atom stereocenters. The topological polar surface area (TPSA) is 69.4 Å². The van der Waals surface area contributed by atoms with Crippen LogP contribution < -0.4 is 4.74 Å². The predicted octanol–water partition coefficient (Wildman–Crippen LogP) is 1.95. The van der Waals surface area contributed by atoms with E-state index >= 15 is 0 Å². The Hall–Kier alpha value is -1.98. The first-order chi connectivity index (χ1) is 6.97. The fourth-order valence-corrected chi connectivity index (χ4v) is 1.13. The molecule has 5 nitrogen and oxygen atoms in total. The minimum absolute atomic E-state index is 0.258. The molecule has 15 heavy (non-hydrogen) atoms. The Morgan fingerprint density at radius 1 is 1.53 bits per heavy atom. The summed E-state index contributed by atoms with van der Waals surface area (Å²) < 4.78 is 17.7. The van der Waals surface area contributed by atoms with E-state index in [4.69, 9.17) is 0 Å². The third-order valence-electron chi connectivity index (χ3n) is 1.85. The minimum Gasteiger partial charge on any atom is -0.493 e. The van der Waals surface area contributed by atoms with Gasteiger partial charge in [0, 0.05) is 0 Å². The molecule has 0 spiro atoms. The number of ketones is 1. The van der Waals surface area contributed by atoms with Gasteiger partial charge in [-0.3, -0.25) is 14.9 Å². The van der Waals surface area contributed by atoms with Gasteiger partial charge in [0.15, 0.2) is 17.3 Å². The molecule has 0 heterocycles. The first-order valence-corrected chi connectivity index (χ1v) is 4.00. The number of carbonyl (C=O) groups is 1. The number of carbonyl (C=O) groups excluding carboxylic acids is 1. The summed E-state index contributed by atoms with van der Waals surface area (Å²) in [7, 11) is 1.19. The van der Waals surface area contributed by atoms with Gasteiger partial charge in [-0.25, -0.2) is 4.39 Å². The largest absolute Gasteiger partial charge is 0.493 e. The molecule has 0 unspecified atom stereocenters. The van der Waals surface area contributed by atoms with Gasteiger partial charge >= 0.3 is 0 Å². The molecule has 0 radical (unpaired) electrons. The molecular weight excluding hydrogens is 205 g/mol. The van der Waals surface area contributed by atoms with Crippen molar-refractivity contribution < 1.29 is 18.8 Å². The van der Waals surface area contributed by atoms with E-state index in [1.54, 1.807) is 0 Å². The summed E-state index contributed by atoms with van der Waals surface area (Å²) in [6.45, 7) is 1.13. The molecule has 0 saturated heterocycles.